The molecule has 0 saturated carbocycles. The number of aromatic amines is 1. The van der Waals surface area contributed by atoms with Crippen molar-refractivity contribution < 1.29 is 19.4 Å². The summed E-state index contributed by atoms with van der Waals surface area (Å²) in [4.78, 5) is 38.7. The summed E-state index contributed by atoms with van der Waals surface area (Å²) in [7, 11) is 0. The lowest BCUT2D eigenvalue weighted by Gasteiger charge is -2.16. The lowest BCUT2D eigenvalue weighted by molar-refractivity contribution is -0.149. The Morgan fingerprint density at radius 1 is 1.67 bits per heavy atom. The highest BCUT2D eigenvalue weighted by molar-refractivity contribution is 9.11. The molecule has 10 heteroatoms. The molecule has 1 aliphatic rings. The number of H-pyrrole nitrogens is 1. The summed E-state index contributed by atoms with van der Waals surface area (Å²) in [5.41, 5.74) is -0.946. The molecule has 24 heavy (non-hydrogen) atoms. The van der Waals surface area contributed by atoms with Gasteiger partial charge in [-0.05, 0) is 18.0 Å². The molecular weight excluding hydrogens is 408 g/mol. The number of carbonyl (C=O) groups excluding carboxylic acids is 1. The molecule has 0 spiro atoms. The Morgan fingerprint density at radius 2 is 2.38 bits per heavy atom. The molecule has 0 bridgehead atoms. The molecule has 4 atom stereocenters. The molecule has 1 fully saturated rings. The third-order valence-electron chi connectivity index (χ3n) is 3.47. The number of hydrogen-bond donors (Lipinski definition) is 2. The van der Waals surface area contributed by atoms with Crippen LogP contribution in [0.5, 0.6) is 0 Å². The second-order valence-electron chi connectivity index (χ2n) is 5.22. The van der Waals surface area contributed by atoms with E-state index in [1.165, 1.54) is 28.7 Å². The molecule has 0 aromatic carbocycles. The Balaban J connectivity index is 2.14. The first-order valence-corrected chi connectivity index (χ1v) is 8.45. The van der Waals surface area contributed by atoms with Gasteiger partial charge >= 0.3 is 11.7 Å². The smallest absolute Gasteiger partial charge is 0.330 e. The Bertz CT molecular complexity index is 744. The number of aromatic nitrogens is 2. The van der Waals surface area contributed by atoms with Gasteiger partial charge in [-0.25, -0.2) is 4.79 Å². The second kappa shape index (κ2) is 8.11. The first-order valence-electron chi connectivity index (χ1n) is 7.10. The van der Waals surface area contributed by atoms with E-state index in [1.807, 2.05) is 0 Å². The van der Waals surface area contributed by atoms with E-state index in [9.17, 15) is 19.5 Å². The molecule has 2 N–H and O–H groups in total. The molecule has 0 amide bonds. The fraction of sp³-hybridized carbons (Fsp3) is 0.500. The highest BCUT2D eigenvalue weighted by Gasteiger charge is 2.36. The van der Waals surface area contributed by atoms with E-state index in [0.717, 1.165) is 0 Å². The van der Waals surface area contributed by atoms with Crippen LogP contribution in [0.1, 0.15) is 25.1 Å². The third kappa shape index (κ3) is 4.35. The Morgan fingerprint density at radius 3 is 3.00 bits per heavy atom. The molecule has 132 valence electrons. The van der Waals surface area contributed by atoms with Crippen LogP contribution in [0.2, 0.25) is 0 Å². The number of rotatable bonds is 5. The van der Waals surface area contributed by atoms with Gasteiger partial charge in [0.05, 0.1) is 11.7 Å². The van der Waals surface area contributed by atoms with Crippen LogP contribution in [0.25, 0.3) is 6.08 Å². The summed E-state index contributed by atoms with van der Waals surface area (Å²) >= 11 is 8.65. The molecule has 0 aliphatic carbocycles. The summed E-state index contributed by atoms with van der Waals surface area (Å²) in [6.45, 7) is 1.29. The van der Waals surface area contributed by atoms with Crippen LogP contribution in [0, 0.1) is 0 Å². The maximum Gasteiger partial charge on any atom is 0.330 e. The minimum Gasteiger partial charge on any atom is -0.462 e. The van der Waals surface area contributed by atoms with Gasteiger partial charge < -0.3 is 14.6 Å². The maximum absolute atomic E-state index is 12.0. The first kappa shape index (κ1) is 18.9. The number of halogens is 2. The maximum atomic E-state index is 12.0. The predicted molar refractivity (Wildman–Crippen MR) is 90.1 cm³/mol. The summed E-state index contributed by atoms with van der Waals surface area (Å²) in [5, 5.41) is 9.23. The minimum absolute atomic E-state index is 0.113. The molecule has 1 aromatic rings. The molecule has 1 aromatic heterocycles. The number of hydrogen-bond acceptors (Lipinski definition) is 6. The standard InChI is InChI=1S/C14H16BrClN2O6/c1-7(16)13(21)23-6-10-9(19)4-11(24-10)18-5-8(2-3-15)12(20)17-14(18)22/h2-3,5,7,9-11,19H,4,6H2,1H3,(H,17,20,22)/b3-2+/t7?,9?,10-,11-/m0/s1. The van der Waals surface area contributed by atoms with E-state index in [4.69, 9.17) is 21.1 Å². The fourth-order valence-electron chi connectivity index (χ4n) is 2.22. The molecular formula is C14H16BrClN2O6. The zero-order valence-electron chi connectivity index (χ0n) is 12.6. The molecule has 1 aliphatic heterocycles. The van der Waals surface area contributed by atoms with Crippen LogP contribution in [0.15, 0.2) is 20.8 Å². The lowest BCUT2D eigenvalue weighted by atomic mass is 10.2. The van der Waals surface area contributed by atoms with E-state index in [-0.39, 0.29) is 18.6 Å². The number of alkyl halides is 1. The molecule has 2 unspecified atom stereocenters. The fourth-order valence-corrected chi connectivity index (χ4v) is 2.56. The number of carbonyl (C=O) groups is 1. The highest BCUT2D eigenvalue weighted by Crippen LogP contribution is 2.28. The van der Waals surface area contributed by atoms with Gasteiger partial charge in [0, 0.05) is 12.6 Å². The Labute approximate surface area is 150 Å². The van der Waals surface area contributed by atoms with Gasteiger partial charge in [-0.3, -0.25) is 19.1 Å². The van der Waals surface area contributed by atoms with Gasteiger partial charge in [-0.1, -0.05) is 15.9 Å². The number of nitrogens with one attached hydrogen (secondary N) is 1. The van der Waals surface area contributed by atoms with Gasteiger partial charge in [-0.15, -0.1) is 11.6 Å². The van der Waals surface area contributed by atoms with Crippen molar-refractivity contribution in [2.75, 3.05) is 6.61 Å². The average Bonchev–Trinajstić information content (AvgIpc) is 2.88. The van der Waals surface area contributed by atoms with Crippen molar-refractivity contribution in [3.8, 4) is 0 Å². The van der Waals surface area contributed by atoms with Crippen molar-refractivity contribution in [1.29, 1.82) is 0 Å². The zero-order chi connectivity index (χ0) is 17.9. The third-order valence-corrected chi connectivity index (χ3v) is 3.91. The normalized spacial score (nSPS) is 25.1. The van der Waals surface area contributed by atoms with Gasteiger partial charge in [0.1, 0.15) is 24.3 Å². The Hall–Kier alpha value is -1.42. The summed E-state index contributed by atoms with van der Waals surface area (Å²) in [5.74, 6) is -0.623. The minimum atomic E-state index is -0.928. The van der Waals surface area contributed by atoms with Crippen molar-refractivity contribution in [3.63, 3.8) is 0 Å². The summed E-state index contributed by atoms with van der Waals surface area (Å²) in [6.07, 6.45) is 0.421. The van der Waals surface area contributed by atoms with Crippen molar-refractivity contribution >= 4 is 39.6 Å². The number of esters is 1. The van der Waals surface area contributed by atoms with Crippen LogP contribution in [-0.4, -0.2) is 44.8 Å². The lowest BCUT2D eigenvalue weighted by Crippen LogP contribution is -2.33. The summed E-state index contributed by atoms with van der Waals surface area (Å²) < 4.78 is 11.7. The number of nitrogens with zero attached hydrogens (tertiary/aromatic N) is 1. The zero-order valence-corrected chi connectivity index (χ0v) is 15.0. The van der Waals surface area contributed by atoms with Crippen molar-refractivity contribution in [1.82, 2.24) is 9.55 Å². The van der Waals surface area contributed by atoms with Gasteiger partial charge in [0.25, 0.3) is 5.56 Å². The van der Waals surface area contributed by atoms with Crippen molar-refractivity contribution in [2.45, 2.75) is 37.2 Å². The van der Waals surface area contributed by atoms with Crippen LogP contribution < -0.4 is 11.2 Å². The van der Waals surface area contributed by atoms with Crippen LogP contribution in [-0.2, 0) is 14.3 Å². The van der Waals surface area contributed by atoms with E-state index >= 15 is 0 Å². The quantitative estimate of drug-likeness (QED) is 0.533. The number of ether oxygens (including phenoxy) is 2. The first-order chi connectivity index (χ1) is 11.3. The van der Waals surface area contributed by atoms with Crippen LogP contribution in [0.4, 0.5) is 0 Å². The number of aliphatic hydroxyl groups excluding tert-OH is 1. The second-order valence-corrected chi connectivity index (χ2v) is 6.41. The average molecular weight is 424 g/mol. The monoisotopic (exact) mass is 422 g/mol. The van der Waals surface area contributed by atoms with Crippen molar-refractivity contribution in [2.24, 2.45) is 0 Å². The van der Waals surface area contributed by atoms with Gasteiger partial charge in [-0.2, -0.15) is 0 Å². The van der Waals surface area contributed by atoms with Crippen LogP contribution >= 0.6 is 27.5 Å². The van der Waals surface area contributed by atoms with E-state index in [1.54, 1.807) is 0 Å². The number of aliphatic hydroxyl groups is 1. The Kier molecular flexibility index (Phi) is 6.39. The molecule has 2 rings (SSSR count). The van der Waals surface area contributed by atoms with Crippen molar-refractivity contribution in [3.05, 3.63) is 37.6 Å². The molecule has 0 radical (unpaired) electrons. The molecule has 2 heterocycles. The van der Waals surface area contributed by atoms with Gasteiger partial charge in [0.15, 0.2) is 0 Å². The van der Waals surface area contributed by atoms with Crippen LogP contribution in [0.3, 0.4) is 0 Å². The van der Waals surface area contributed by atoms with E-state index in [0.29, 0.717) is 0 Å². The predicted octanol–water partition coefficient (Wildman–Crippen LogP) is 0.721. The van der Waals surface area contributed by atoms with E-state index in [2.05, 4.69) is 20.9 Å². The molecule has 8 nitrogen and oxygen atoms in total. The highest BCUT2D eigenvalue weighted by atomic mass is 79.9. The van der Waals surface area contributed by atoms with Gasteiger partial charge in [0.2, 0.25) is 0 Å². The summed E-state index contributed by atoms with van der Waals surface area (Å²) in [6, 6.07) is 0. The largest absolute Gasteiger partial charge is 0.462 e. The topological polar surface area (TPSA) is 111 Å². The SMILES string of the molecule is CC(Cl)C(=O)OC[C@@H]1O[C@H](n2cc(/C=C/Br)c(=O)[nH]c2=O)CC1O. The van der Waals surface area contributed by atoms with E-state index < -0.39 is 41.0 Å². The molecule has 1 saturated heterocycles.